The van der Waals surface area contributed by atoms with Gasteiger partial charge in [0.2, 0.25) is 7.44 Å². The molecular formula is C32H43N2OP. The maximum absolute atomic E-state index is 15.8. The molecule has 4 rings (SSSR count). The average Bonchev–Trinajstić information content (AvgIpc) is 2.82. The molecule has 2 atom stereocenters. The Labute approximate surface area is 219 Å². The predicted octanol–water partition coefficient (Wildman–Crippen LogP) is 8.96. The molecule has 2 unspecified atom stereocenters. The molecule has 1 aliphatic heterocycles. The second kappa shape index (κ2) is 10.7. The summed E-state index contributed by atoms with van der Waals surface area (Å²) in [6.07, 6.45) is 1.46. The van der Waals surface area contributed by atoms with Crippen molar-refractivity contribution < 1.29 is 4.57 Å². The molecule has 3 nitrogen and oxygen atoms in total. The van der Waals surface area contributed by atoms with Crippen molar-refractivity contribution in [3.63, 3.8) is 0 Å². The first-order valence-corrected chi connectivity index (χ1v) is 15.0. The van der Waals surface area contributed by atoms with Crippen LogP contribution < -0.4 is 0 Å². The lowest BCUT2D eigenvalue weighted by Gasteiger charge is -2.54. The van der Waals surface area contributed by atoms with Crippen LogP contribution in [0.4, 0.5) is 0 Å². The van der Waals surface area contributed by atoms with Crippen molar-refractivity contribution in [2.24, 2.45) is 10.8 Å². The van der Waals surface area contributed by atoms with E-state index in [-0.39, 0.29) is 22.9 Å². The smallest absolute Gasteiger partial charge is 0.221 e. The summed E-state index contributed by atoms with van der Waals surface area (Å²) < 4.78 is 20.6. The van der Waals surface area contributed by atoms with Crippen LogP contribution in [0.25, 0.3) is 0 Å². The standard InChI is InChI=1S/C32H43N2OP/c1-31(2,3)24-33-29(27-18-12-8-13-19-27)22-30(28-20-14-9-15-21-28)34(25-32(4,5)6)36(33,35)23-26-16-10-7-11-17-26/h7-21,29-30H,22-25H2,1-6H3. The second-order valence-corrected chi connectivity index (χ2v) is 15.4. The molecule has 3 aromatic rings. The van der Waals surface area contributed by atoms with E-state index in [1.807, 2.05) is 6.07 Å². The Balaban J connectivity index is 1.93. The van der Waals surface area contributed by atoms with E-state index in [0.717, 1.165) is 25.1 Å². The number of nitrogens with zero attached hydrogens (tertiary/aromatic N) is 2. The number of benzene rings is 3. The monoisotopic (exact) mass is 502 g/mol. The lowest BCUT2D eigenvalue weighted by molar-refractivity contribution is 0.113. The third kappa shape index (κ3) is 6.38. The maximum Gasteiger partial charge on any atom is 0.221 e. The molecule has 0 N–H and O–H groups in total. The van der Waals surface area contributed by atoms with E-state index in [4.69, 9.17) is 0 Å². The predicted molar refractivity (Wildman–Crippen MR) is 153 cm³/mol. The maximum atomic E-state index is 15.8. The summed E-state index contributed by atoms with van der Waals surface area (Å²) in [4.78, 5) is 0. The number of hydrogen-bond donors (Lipinski definition) is 0. The molecule has 1 aliphatic rings. The largest absolute Gasteiger partial charge is 0.288 e. The van der Waals surface area contributed by atoms with E-state index >= 15 is 4.57 Å². The van der Waals surface area contributed by atoms with E-state index in [9.17, 15) is 0 Å². The van der Waals surface area contributed by atoms with Gasteiger partial charge in [0.25, 0.3) is 0 Å². The zero-order valence-corrected chi connectivity index (χ0v) is 23.8. The summed E-state index contributed by atoms with van der Waals surface area (Å²) in [7, 11) is -3.03. The zero-order valence-electron chi connectivity index (χ0n) is 22.9. The fourth-order valence-electron chi connectivity index (χ4n) is 5.42. The quantitative estimate of drug-likeness (QED) is 0.314. The van der Waals surface area contributed by atoms with Gasteiger partial charge in [-0.05, 0) is 33.9 Å². The Kier molecular flexibility index (Phi) is 7.95. The van der Waals surface area contributed by atoms with Gasteiger partial charge in [-0.25, -0.2) is 9.34 Å². The topological polar surface area (TPSA) is 23.6 Å². The Bertz CT molecular complexity index is 1080. The first kappa shape index (κ1) is 26.9. The van der Waals surface area contributed by atoms with Gasteiger partial charge >= 0.3 is 0 Å². The van der Waals surface area contributed by atoms with Gasteiger partial charge < -0.3 is 0 Å². The van der Waals surface area contributed by atoms with E-state index < -0.39 is 7.44 Å². The first-order chi connectivity index (χ1) is 17.0. The van der Waals surface area contributed by atoms with Crippen molar-refractivity contribution in [3.05, 3.63) is 108 Å². The molecule has 3 aromatic carbocycles. The highest BCUT2D eigenvalue weighted by atomic mass is 31.2. The van der Waals surface area contributed by atoms with Crippen LogP contribution in [0.15, 0.2) is 91.0 Å². The van der Waals surface area contributed by atoms with Gasteiger partial charge in [-0.3, -0.25) is 4.57 Å². The van der Waals surface area contributed by atoms with Crippen molar-refractivity contribution in [3.8, 4) is 0 Å². The molecule has 0 radical (unpaired) electrons. The van der Waals surface area contributed by atoms with Gasteiger partial charge in [0.1, 0.15) is 0 Å². The van der Waals surface area contributed by atoms with Crippen LogP contribution in [-0.4, -0.2) is 22.4 Å². The number of hydrogen-bond acceptors (Lipinski definition) is 1. The highest BCUT2D eigenvalue weighted by Crippen LogP contribution is 2.68. The van der Waals surface area contributed by atoms with Gasteiger partial charge in [-0.15, -0.1) is 0 Å². The van der Waals surface area contributed by atoms with Crippen LogP contribution in [0.1, 0.15) is 76.7 Å². The van der Waals surface area contributed by atoms with Crippen molar-refractivity contribution >= 4 is 7.44 Å². The van der Waals surface area contributed by atoms with Crippen molar-refractivity contribution in [2.75, 3.05) is 13.1 Å². The molecule has 1 fully saturated rings. The minimum absolute atomic E-state index is 0.00631. The highest BCUT2D eigenvalue weighted by Gasteiger charge is 2.51. The average molecular weight is 503 g/mol. The van der Waals surface area contributed by atoms with E-state index in [2.05, 4.69) is 136 Å². The van der Waals surface area contributed by atoms with Crippen LogP contribution in [0.2, 0.25) is 0 Å². The van der Waals surface area contributed by atoms with Crippen molar-refractivity contribution in [1.82, 2.24) is 9.34 Å². The molecular weight excluding hydrogens is 459 g/mol. The molecule has 36 heavy (non-hydrogen) atoms. The Morgan fingerprint density at radius 2 is 1.00 bits per heavy atom. The summed E-state index contributed by atoms with van der Waals surface area (Å²) in [6.45, 7) is 15.1. The second-order valence-electron chi connectivity index (χ2n) is 12.7. The Hall–Kier alpha value is -2.19. The molecule has 192 valence electrons. The van der Waals surface area contributed by atoms with Gasteiger partial charge in [-0.2, -0.15) is 0 Å². The first-order valence-electron chi connectivity index (χ1n) is 13.2. The summed E-state index contributed by atoms with van der Waals surface area (Å²) >= 11 is 0. The normalized spacial score (nSPS) is 24.1. The number of rotatable bonds is 6. The van der Waals surface area contributed by atoms with Crippen LogP contribution in [0.5, 0.6) is 0 Å². The molecule has 1 heterocycles. The van der Waals surface area contributed by atoms with Crippen LogP contribution in [0.3, 0.4) is 0 Å². The molecule has 0 bridgehead atoms. The summed E-state index contributed by atoms with van der Waals surface area (Å²) in [5.41, 5.74) is 3.66. The third-order valence-corrected chi connectivity index (χ3v) is 10.1. The third-order valence-electron chi connectivity index (χ3n) is 6.84. The van der Waals surface area contributed by atoms with Gasteiger partial charge in [0.05, 0.1) is 6.16 Å². The zero-order chi connectivity index (χ0) is 26.0. The van der Waals surface area contributed by atoms with Gasteiger partial charge in [0.15, 0.2) is 0 Å². The van der Waals surface area contributed by atoms with E-state index in [1.165, 1.54) is 11.1 Å². The molecule has 0 aromatic heterocycles. The fourth-order valence-corrected chi connectivity index (χ4v) is 9.38. The minimum atomic E-state index is -3.03. The molecule has 0 aliphatic carbocycles. The van der Waals surface area contributed by atoms with Crippen molar-refractivity contribution in [1.29, 1.82) is 0 Å². The minimum Gasteiger partial charge on any atom is -0.288 e. The lowest BCUT2D eigenvalue weighted by Crippen LogP contribution is -2.48. The van der Waals surface area contributed by atoms with E-state index in [0.29, 0.717) is 6.16 Å². The van der Waals surface area contributed by atoms with Gasteiger partial charge in [0, 0.05) is 25.2 Å². The van der Waals surface area contributed by atoms with Crippen LogP contribution in [0, 0.1) is 10.8 Å². The van der Waals surface area contributed by atoms with E-state index in [1.54, 1.807) is 0 Å². The fraction of sp³-hybridized carbons (Fsp3) is 0.438. The Morgan fingerprint density at radius 1 is 0.639 bits per heavy atom. The molecule has 0 saturated carbocycles. The lowest BCUT2D eigenvalue weighted by atomic mass is 9.90. The SMILES string of the molecule is CC(C)(C)CN1C(c2ccccc2)CC(c2ccccc2)N(CC(C)(C)C)P1(=O)Cc1ccccc1. The van der Waals surface area contributed by atoms with Crippen LogP contribution >= 0.6 is 7.44 Å². The van der Waals surface area contributed by atoms with Crippen LogP contribution in [-0.2, 0) is 10.7 Å². The van der Waals surface area contributed by atoms with Crippen molar-refractivity contribution in [2.45, 2.75) is 66.2 Å². The molecule has 0 amide bonds. The Morgan fingerprint density at radius 3 is 1.36 bits per heavy atom. The highest BCUT2D eigenvalue weighted by molar-refractivity contribution is 7.58. The molecule has 0 spiro atoms. The summed E-state index contributed by atoms with van der Waals surface area (Å²) in [6, 6.07) is 32.1. The molecule has 4 heteroatoms. The summed E-state index contributed by atoms with van der Waals surface area (Å²) in [5, 5.41) is 0. The summed E-state index contributed by atoms with van der Waals surface area (Å²) in [5.74, 6) is 0. The molecule has 1 saturated heterocycles. The van der Waals surface area contributed by atoms with Gasteiger partial charge in [-0.1, -0.05) is 133 Å².